The van der Waals surface area contributed by atoms with Gasteiger partial charge in [-0.3, -0.25) is 0 Å². The van der Waals surface area contributed by atoms with Crippen LogP contribution in [0.25, 0.3) is 22.3 Å². The van der Waals surface area contributed by atoms with Gasteiger partial charge in [0.1, 0.15) is 0 Å². The van der Waals surface area contributed by atoms with Crippen LogP contribution in [0.1, 0.15) is 35.1 Å². The van der Waals surface area contributed by atoms with E-state index in [9.17, 15) is 10.5 Å². The van der Waals surface area contributed by atoms with E-state index in [1.165, 1.54) is 22.3 Å². The van der Waals surface area contributed by atoms with Crippen molar-refractivity contribution < 1.29 is 0 Å². The van der Waals surface area contributed by atoms with Crippen molar-refractivity contribution >= 4 is 90.4 Å². The Labute approximate surface area is 254 Å². The summed E-state index contributed by atoms with van der Waals surface area (Å²) in [4.78, 5) is 0. The van der Waals surface area contributed by atoms with E-state index in [0.717, 1.165) is 25.4 Å². The summed E-state index contributed by atoms with van der Waals surface area (Å²) in [6.07, 6.45) is 0. The van der Waals surface area contributed by atoms with Crippen LogP contribution in [0.5, 0.6) is 0 Å². The van der Waals surface area contributed by atoms with E-state index >= 15 is 0 Å². The minimum atomic E-state index is 0.265. The normalized spacial score (nSPS) is 10.7. The third kappa shape index (κ3) is 5.45. The number of hydrogen-bond acceptors (Lipinski definition) is 2. The Balaban J connectivity index is 1.60. The second kappa shape index (κ2) is 11.2. The molecule has 0 heterocycles. The Hall–Kier alpha value is -1.22. The molecule has 0 fully saturated rings. The molecule has 0 aliphatic rings. The van der Waals surface area contributed by atoms with Gasteiger partial charge in [-0.2, -0.15) is 10.5 Å². The van der Waals surface area contributed by atoms with Gasteiger partial charge in [0.05, 0.1) is 23.3 Å². The first kappa shape index (κ1) is 25.9. The van der Waals surface area contributed by atoms with Crippen molar-refractivity contribution in [3.8, 4) is 34.4 Å². The molecule has 0 amide bonds. The van der Waals surface area contributed by atoms with Crippen LogP contribution in [0, 0.1) is 36.9 Å². The van der Waals surface area contributed by atoms with Gasteiger partial charge in [-0.1, -0.05) is 55.5 Å². The summed E-state index contributed by atoms with van der Waals surface area (Å²) in [5.41, 5.74) is 8.58. The third-order valence-electron chi connectivity index (χ3n) is 5.74. The van der Waals surface area contributed by atoms with Gasteiger partial charge in [-0.15, -0.1) is 0 Å². The third-order valence-corrected chi connectivity index (χ3v) is 9.14. The fourth-order valence-electron chi connectivity index (χ4n) is 3.90. The molecule has 0 aliphatic carbocycles. The standard InChI is InChI=1S/C28H16I4N2/c1-16(19-2-6-21(7-3-19)27-23(29)10-17(14-33)11-24(27)30)20-4-8-22(9-5-20)28-25(31)12-18(15-34)13-26(28)32/h2-13,16H,1H3. The zero-order chi connectivity index (χ0) is 24.4. The van der Waals surface area contributed by atoms with Crippen molar-refractivity contribution in [1.29, 1.82) is 10.5 Å². The Morgan fingerprint density at radius 1 is 0.559 bits per heavy atom. The zero-order valence-electron chi connectivity index (χ0n) is 17.9. The minimum Gasteiger partial charge on any atom is -0.192 e. The Morgan fingerprint density at radius 2 is 0.853 bits per heavy atom. The van der Waals surface area contributed by atoms with E-state index in [2.05, 4.69) is 158 Å². The molecule has 34 heavy (non-hydrogen) atoms. The second-order valence-electron chi connectivity index (χ2n) is 7.82. The monoisotopic (exact) mass is 888 g/mol. The molecule has 0 aromatic heterocycles. The first-order valence-electron chi connectivity index (χ1n) is 10.3. The molecular weight excluding hydrogens is 872 g/mol. The summed E-state index contributed by atoms with van der Waals surface area (Å²) in [6, 6.07) is 29.7. The quantitative estimate of drug-likeness (QED) is 0.192. The van der Waals surface area contributed by atoms with E-state index < -0.39 is 0 Å². The Bertz CT molecular complexity index is 1300. The number of halogens is 4. The summed E-state index contributed by atoms with van der Waals surface area (Å²) in [5.74, 6) is 0.265. The molecule has 4 rings (SSSR count). The van der Waals surface area contributed by atoms with Crippen LogP contribution >= 0.6 is 90.4 Å². The average molecular weight is 888 g/mol. The fourth-order valence-corrected chi connectivity index (χ4v) is 8.68. The molecular formula is C28H16I4N2. The maximum atomic E-state index is 9.21. The molecule has 6 heteroatoms. The van der Waals surface area contributed by atoms with Crippen LogP contribution in [0.3, 0.4) is 0 Å². The van der Waals surface area contributed by atoms with Gasteiger partial charge in [-0.25, -0.2) is 0 Å². The molecule has 0 saturated heterocycles. The van der Waals surface area contributed by atoms with E-state index in [4.69, 9.17) is 0 Å². The number of nitrogens with zero attached hydrogens (tertiary/aromatic N) is 2. The lowest BCUT2D eigenvalue weighted by molar-refractivity contribution is 0.923. The van der Waals surface area contributed by atoms with Gasteiger partial charge in [0, 0.05) is 31.3 Å². The Morgan fingerprint density at radius 3 is 1.12 bits per heavy atom. The zero-order valence-corrected chi connectivity index (χ0v) is 26.5. The summed E-state index contributed by atoms with van der Waals surface area (Å²) in [6.45, 7) is 2.23. The van der Waals surface area contributed by atoms with Crippen molar-refractivity contribution in [2.45, 2.75) is 12.8 Å². The molecule has 4 aromatic carbocycles. The summed E-state index contributed by atoms with van der Waals surface area (Å²) >= 11 is 9.25. The number of benzene rings is 4. The average Bonchev–Trinajstić information content (AvgIpc) is 2.83. The molecule has 0 bridgehead atoms. The van der Waals surface area contributed by atoms with Crippen molar-refractivity contribution in [2.75, 3.05) is 0 Å². The predicted octanol–water partition coefficient (Wildman–Crippen LogP) is 9.33. The summed E-state index contributed by atoms with van der Waals surface area (Å²) in [5, 5.41) is 18.4. The summed E-state index contributed by atoms with van der Waals surface area (Å²) < 4.78 is 4.35. The first-order chi connectivity index (χ1) is 16.3. The largest absolute Gasteiger partial charge is 0.192 e. The molecule has 0 unspecified atom stereocenters. The lowest BCUT2D eigenvalue weighted by Gasteiger charge is -2.16. The molecule has 4 aromatic rings. The van der Waals surface area contributed by atoms with Crippen LogP contribution in [0.15, 0.2) is 72.8 Å². The lowest BCUT2D eigenvalue weighted by atomic mass is 9.90. The molecule has 0 N–H and O–H groups in total. The molecule has 0 atom stereocenters. The lowest BCUT2D eigenvalue weighted by Crippen LogP contribution is -1.97. The molecule has 166 valence electrons. The van der Waals surface area contributed by atoms with Crippen LogP contribution in [0.4, 0.5) is 0 Å². The van der Waals surface area contributed by atoms with Crippen LogP contribution < -0.4 is 0 Å². The van der Waals surface area contributed by atoms with Crippen LogP contribution in [-0.4, -0.2) is 0 Å². The highest BCUT2D eigenvalue weighted by Crippen LogP contribution is 2.35. The van der Waals surface area contributed by atoms with Gasteiger partial charge in [-0.05, 0) is 137 Å². The van der Waals surface area contributed by atoms with Gasteiger partial charge in [0.2, 0.25) is 0 Å². The van der Waals surface area contributed by atoms with Crippen molar-refractivity contribution in [2.24, 2.45) is 0 Å². The second-order valence-corrected chi connectivity index (χ2v) is 12.5. The maximum Gasteiger partial charge on any atom is 0.0992 e. The van der Waals surface area contributed by atoms with Crippen LogP contribution in [-0.2, 0) is 0 Å². The maximum absolute atomic E-state index is 9.21. The first-order valence-corrected chi connectivity index (χ1v) is 14.6. The van der Waals surface area contributed by atoms with Gasteiger partial charge >= 0.3 is 0 Å². The van der Waals surface area contributed by atoms with Gasteiger partial charge in [0.15, 0.2) is 0 Å². The molecule has 0 spiro atoms. The minimum absolute atomic E-state index is 0.265. The molecule has 2 nitrogen and oxygen atoms in total. The van der Waals surface area contributed by atoms with Crippen LogP contribution in [0.2, 0.25) is 0 Å². The molecule has 0 aliphatic heterocycles. The number of nitriles is 2. The summed E-state index contributed by atoms with van der Waals surface area (Å²) in [7, 11) is 0. The highest BCUT2D eigenvalue weighted by atomic mass is 127. The highest BCUT2D eigenvalue weighted by Gasteiger charge is 2.14. The SMILES string of the molecule is CC(c1ccc(-c2c(I)cc(C#N)cc2I)cc1)c1ccc(-c2c(I)cc(C#N)cc2I)cc1. The van der Waals surface area contributed by atoms with Gasteiger partial charge in [0.25, 0.3) is 0 Å². The fraction of sp³-hybridized carbons (Fsp3) is 0.0714. The van der Waals surface area contributed by atoms with Crippen molar-refractivity contribution in [3.63, 3.8) is 0 Å². The highest BCUT2D eigenvalue weighted by molar-refractivity contribution is 14.1. The smallest absolute Gasteiger partial charge is 0.0992 e. The topological polar surface area (TPSA) is 47.6 Å². The molecule has 0 radical (unpaired) electrons. The predicted molar refractivity (Wildman–Crippen MR) is 172 cm³/mol. The van der Waals surface area contributed by atoms with E-state index in [0.29, 0.717) is 11.1 Å². The van der Waals surface area contributed by atoms with E-state index in [1.54, 1.807) is 0 Å². The van der Waals surface area contributed by atoms with E-state index in [-0.39, 0.29) is 5.92 Å². The number of rotatable bonds is 4. The Kier molecular flexibility index (Phi) is 8.54. The molecule has 0 saturated carbocycles. The van der Waals surface area contributed by atoms with E-state index in [1.807, 2.05) is 24.3 Å². The van der Waals surface area contributed by atoms with Gasteiger partial charge < -0.3 is 0 Å². The van der Waals surface area contributed by atoms with Crippen molar-refractivity contribution in [1.82, 2.24) is 0 Å². The van der Waals surface area contributed by atoms with Crippen molar-refractivity contribution in [3.05, 3.63) is 109 Å². The number of hydrogen-bond donors (Lipinski definition) is 0.